The molecule has 2 aromatic rings. The second-order valence-electron chi connectivity index (χ2n) is 6.40. The monoisotopic (exact) mass is 344 g/mol. The van der Waals surface area contributed by atoms with Gasteiger partial charge in [-0.2, -0.15) is 0 Å². The van der Waals surface area contributed by atoms with Gasteiger partial charge in [-0.1, -0.05) is 5.16 Å². The maximum absolute atomic E-state index is 12.2. The first-order valence-electron chi connectivity index (χ1n) is 8.50. The fourth-order valence-corrected chi connectivity index (χ4v) is 2.93. The van der Waals surface area contributed by atoms with Gasteiger partial charge in [-0.05, 0) is 27.3 Å². The first-order chi connectivity index (χ1) is 12.0. The van der Waals surface area contributed by atoms with Crippen LogP contribution in [0.3, 0.4) is 0 Å². The zero-order chi connectivity index (χ0) is 17.8. The number of aryl methyl sites for hydroxylation is 2. The second kappa shape index (κ2) is 7.60. The average molecular weight is 344 g/mol. The number of aromatic nitrogens is 3. The van der Waals surface area contributed by atoms with E-state index in [4.69, 9.17) is 4.52 Å². The molecule has 3 heterocycles. The highest BCUT2D eigenvalue weighted by atomic mass is 16.5. The summed E-state index contributed by atoms with van der Waals surface area (Å²) in [6, 6.07) is 1.83. The fraction of sp³-hybridized carbons (Fsp3) is 0.529. The van der Waals surface area contributed by atoms with Gasteiger partial charge in [-0.25, -0.2) is 9.97 Å². The van der Waals surface area contributed by atoms with Gasteiger partial charge in [0.2, 0.25) is 5.91 Å². The Balaban J connectivity index is 1.57. The summed E-state index contributed by atoms with van der Waals surface area (Å²) in [7, 11) is 2.11. The predicted molar refractivity (Wildman–Crippen MR) is 94.7 cm³/mol. The second-order valence-corrected chi connectivity index (χ2v) is 6.40. The van der Waals surface area contributed by atoms with Crippen LogP contribution in [0.25, 0.3) is 0 Å². The highest BCUT2D eigenvalue weighted by molar-refractivity contribution is 5.90. The highest BCUT2D eigenvalue weighted by Crippen LogP contribution is 2.17. The van der Waals surface area contributed by atoms with Crippen molar-refractivity contribution in [3.8, 4) is 0 Å². The van der Waals surface area contributed by atoms with Crippen molar-refractivity contribution < 1.29 is 9.32 Å². The molecule has 0 unspecified atom stereocenters. The maximum Gasteiger partial charge on any atom is 0.225 e. The molecule has 0 spiro atoms. The van der Waals surface area contributed by atoms with Crippen LogP contribution < -0.4 is 10.2 Å². The molecule has 25 heavy (non-hydrogen) atoms. The Morgan fingerprint density at radius 1 is 1.24 bits per heavy atom. The molecular weight excluding hydrogens is 320 g/mol. The van der Waals surface area contributed by atoms with E-state index in [1.165, 1.54) is 6.33 Å². The van der Waals surface area contributed by atoms with Crippen LogP contribution in [0.15, 0.2) is 16.9 Å². The van der Waals surface area contributed by atoms with Crippen molar-refractivity contribution in [2.24, 2.45) is 0 Å². The Hall–Kier alpha value is -2.48. The molecule has 0 aliphatic carbocycles. The third-order valence-corrected chi connectivity index (χ3v) is 4.53. The summed E-state index contributed by atoms with van der Waals surface area (Å²) >= 11 is 0. The first-order valence-corrected chi connectivity index (χ1v) is 8.50. The largest absolute Gasteiger partial charge is 0.361 e. The molecule has 3 rings (SSSR count). The van der Waals surface area contributed by atoms with E-state index in [0.717, 1.165) is 49.0 Å². The van der Waals surface area contributed by atoms with Crippen LogP contribution in [0.4, 0.5) is 11.6 Å². The van der Waals surface area contributed by atoms with Crippen molar-refractivity contribution in [3.63, 3.8) is 0 Å². The lowest BCUT2D eigenvalue weighted by atomic mass is 10.1. The number of carbonyl (C=O) groups excluding carboxylic acids is 1. The van der Waals surface area contributed by atoms with E-state index in [9.17, 15) is 4.79 Å². The fourth-order valence-electron chi connectivity index (χ4n) is 2.93. The summed E-state index contributed by atoms with van der Waals surface area (Å²) in [5.74, 6) is 2.07. The number of hydrogen-bond acceptors (Lipinski definition) is 7. The van der Waals surface area contributed by atoms with Crippen LogP contribution in [0.2, 0.25) is 0 Å². The van der Waals surface area contributed by atoms with Crippen LogP contribution in [0.1, 0.15) is 23.4 Å². The van der Waals surface area contributed by atoms with Crippen molar-refractivity contribution in [1.29, 1.82) is 0 Å². The summed E-state index contributed by atoms with van der Waals surface area (Å²) in [6.45, 7) is 7.60. The van der Waals surface area contributed by atoms with E-state index in [0.29, 0.717) is 18.7 Å². The van der Waals surface area contributed by atoms with Gasteiger partial charge in [0, 0.05) is 44.2 Å². The topological polar surface area (TPSA) is 87.4 Å². The Labute approximate surface area is 147 Å². The predicted octanol–water partition coefficient (Wildman–Crippen LogP) is 1.40. The summed E-state index contributed by atoms with van der Waals surface area (Å²) in [4.78, 5) is 25.2. The van der Waals surface area contributed by atoms with Gasteiger partial charge in [0.15, 0.2) is 0 Å². The number of nitrogens with one attached hydrogen (secondary N) is 1. The van der Waals surface area contributed by atoms with Gasteiger partial charge in [0.1, 0.15) is 23.7 Å². The van der Waals surface area contributed by atoms with Crippen molar-refractivity contribution in [2.75, 3.05) is 43.4 Å². The van der Waals surface area contributed by atoms with Crippen LogP contribution in [-0.2, 0) is 11.2 Å². The van der Waals surface area contributed by atoms with Crippen molar-refractivity contribution in [3.05, 3.63) is 29.4 Å². The summed E-state index contributed by atoms with van der Waals surface area (Å²) < 4.78 is 5.13. The minimum atomic E-state index is -0.0805. The van der Waals surface area contributed by atoms with Crippen molar-refractivity contribution in [1.82, 2.24) is 20.0 Å². The highest BCUT2D eigenvalue weighted by Gasteiger charge is 2.16. The molecule has 1 saturated heterocycles. The number of piperazine rings is 1. The van der Waals surface area contributed by atoms with Gasteiger partial charge in [-0.15, -0.1) is 0 Å². The number of nitrogens with zero attached hydrogens (tertiary/aromatic N) is 5. The molecule has 0 radical (unpaired) electrons. The zero-order valence-corrected chi connectivity index (χ0v) is 14.9. The number of hydrogen-bond donors (Lipinski definition) is 1. The van der Waals surface area contributed by atoms with Crippen molar-refractivity contribution >= 4 is 17.5 Å². The van der Waals surface area contributed by atoms with Gasteiger partial charge in [0.25, 0.3) is 0 Å². The normalized spacial score (nSPS) is 15.4. The summed E-state index contributed by atoms with van der Waals surface area (Å²) in [5.41, 5.74) is 1.83. The Morgan fingerprint density at radius 3 is 2.68 bits per heavy atom. The minimum absolute atomic E-state index is 0.0805. The molecule has 134 valence electrons. The molecule has 1 fully saturated rings. The Morgan fingerprint density at radius 2 is 2.00 bits per heavy atom. The first kappa shape index (κ1) is 17.3. The molecule has 1 aliphatic heterocycles. The molecular formula is C17H24N6O2. The maximum atomic E-state index is 12.2. The van der Waals surface area contributed by atoms with E-state index in [-0.39, 0.29) is 5.91 Å². The number of anilines is 2. The molecule has 1 N–H and O–H groups in total. The van der Waals surface area contributed by atoms with E-state index in [1.807, 2.05) is 19.9 Å². The molecule has 0 saturated carbocycles. The van der Waals surface area contributed by atoms with Gasteiger partial charge in [-0.3, -0.25) is 4.79 Å². The van der Waals surface area contributed by atoms with E-state index in [2.05, 4.69) is 37.3 Å². The third kappa shape index (κ3) is 4.33. The summed E-state index contributed by atoms with van der Waals surface area (Å²) in [5, 5.41) is 6.76. The smallest absolute Gasteiger partial charge is 0.225 e. The summed E-state index contributed by atoms with van der Waals surface area (Å²) in [6.07, 6.45) is 2.46. The van der Waals surface area contributed by atoms with E-state index < -0.39 is 0 Å². The quantitative estimate of drug-likeness (QED) is 0.877. The average Bonchev–Trinajstić information content (AvgIpc) is 2.92. The van der Waals surface area contributed by atoms with Crippen molar-refractivity contribution in [2.45, 2.75) is 26.7 Å². The van der Waals surface area contributed by atoms with Crippen LogP contribution in [-0.4, -0.2) is 59.2 Å². The zero-order valence-electron chi connectivity index (χ0n) is 14.9. The number of likely N-dealkylation sites (N-methyl/N-ethyl adjacent to an activating group) is 1. The molecule has 1 aliphatic rings. The minimum Gasteiger partial charge on any atom is -0.361 e. The molecule has 1 amide bonds. The SMILES string of the molecule is Cc1noc(C)c1CCC(=O)Nc1cc(N2CCN(C)CC2)ncn1. The lowest BCUT2D eigenvalue weighted by molar-refractivity contribution is -0.116. The molecule has 2 aromatic heterocycles. The Bertz CT molecular complexity index is 717. The van der Waals surface area contributed by atoms with Gasteiger partial charge in [0.05, 0.1) is 5.69 Å². The molecule has 0 atom stereocenters. The van der Waals surface area contributed by atoms with E-state index >= 15 is 0 Å². The number of amides is 1. The third-order valence-electron chi connectivity index (χ3n) is 4.53. The van der Waals surface area contributed by atoms with Crippen LogP contribution >= 0.6 is 0 Å². The standard InChI is InChI=1S/C17H24N6O2/c1-12-14(13(2)25-21-12)4-5-17(24)20-15-10-16(19-11-18-15)23-8-6-22(3)7-9-23/h10-11H,4-9H2,1-3H3,(H,18,19,20,24). The lowest BCUT2D eigenvalue weighted by Crippen LogP contribution is -2.44. The van der Waals surface area contributed by atoms with Gasteiger partial charge < -0.3 is 19.6 Å². The molecule has 8 heteroatoms. The van der Waals surface area contributed by atoms with E-state index in [1.54, 1.807) is 0 Å². The molecule has 8 nitrogen and oxygen atoms in total. The molecule has 0 bridgehead atoms. The number of carbonyl (C=O) groups is 1. The van der Waals surface area contributed by atoms with Crippen LogP contribution in [0, 0.1) is 13.8 Å². The number of rotatable bonds is 5. The molecule has 0 aromatic carbocycles. The van der Waals surface area contributed by atoms with Crippen LogP contribution in [0.5, 0.6) is 0 Å². The van der Waals surface area contributed by atoms with Gasteiger partial charge >= 0.3 is 0 Å². The Kier molecular flexibility index (Phi) is 5.28. The lowest BCUT2D eigenvalue weighted by Gasteiger charge is -2.33.